The van der Waals surface area contributed by atoms with Gasteiger partial charge >= 0.3 is 0 Å². The van der Waals surface area contributed by atoms with Crippen LogP contribution in [0.1, 0.15) is 85.5 Å². The van der Waals surface area contributed by atoms with E-state index in [0.717, 1.165) is 19.6 Å². The van der Waals surface area contributed by atoms with E-state index < -0.39 is 0 Å². The predicted octanol–water partition coefficient (Wildman–Crippen LogP) is 5.90. The third-order valence-corrected chi connectivity index (χ3v) is 3.70. The summed E-state index contributed by atoms with van der Waals surface area (Å²) in [6.07, 6.45) is 13.7. The van der Waals surface area contributed by atoms with Crippen molar-refractivity contribution in [1.29, 1.82) is 0 Å². The van der Waals surface area contributed by atoms with Crippen LogP contribution < -0.4 is 0 Å². The van der Waals surface area contributed by atoms with Crippen LogP contribution in [0.5, 0.6) is 0 Å². The van der Waals surface area contributed by atoms with Gasteiger partial charge in [0.25, 0.3) is 0 Å². The van der Waals surface area contributed by atoms with E-state index in [0.29, 0.717) is 6.10 Å². The lowest BCUT2D eigenvalue weighted by Gasteiger charge is -2.25. The van der Waals surface area contributed by atoms with Gasteiger partial charge in [-0.3, -0.25) is 0 Å². The molecule has 0 rings (SSSR count). The van der Waals surface area contributed by atoms with Crippen molar-refractivity contribution in [3.8, 4) is 0 Å². The lowest BCUT2D eigenvalue weighted by atomic mass is 10.1. The monoisotopic (exact) mass is 298 g/mol. The molecule has 0 aliphatic heterocycles. The van der Waals surface area contributed by atoms with Crippen molar-refractivity contribution >= 4 is 0 Å². The van der Waals surface area contributed by atoms with Crippen molar-refractivity contribution in [2.24, 2.45) is 0 Å². The summed E-state index contributed by atoms with van der Waals surface area (Å²) in [4.78, 5) is 0. The normalized spacial score (nSPS) is 12.0. The van der Waals surface area contributed by atoms with Crippen LogP contribution in [0.25, 0.3) is 0 Å². The first kappa shape index (κ1) is 20.7. The Kier molecular flexibility index (Phi) is 13.1. The Morgan fingerprint density at radius 3 is 2.05 bits per heavy atom. The summed E-state index contributed by atoms with van der Waals surface area (Å²) in [5.41, 5.74) is -0.0560. The van der Waals surface area contributed by atoms with E-state index in [-0.39, 0.29) is 5.60 Å². The first-order valence-corrected chi connectivity index (χ1v) is 8.84. The van der Waals surface area contributed by atoms with Crippen LogP contribution in [-0.4, -0.2) is 24.9 Å². The zero-order valence-electron chi connectivity index (χ0n) is 15.0. The number of unbranched alkanes of at least 4 members (excludes halogenated alkanes) is 7. The molecule has 0 aromatic rings. The smallest absolute Gasteiger partial charge is 0.0648 e. The quantitative estimate of drug-likeness (QED) is 0.277. The van der Waals surface area contributed by atoms with E-state index in [1.54, 1.807) is 0 Å². The van der Waals surface area contributed by atoms with E-state index in [4.69, 9.17) is 9.47 Å². The minimum atomic E-state index is -0.0560. The Morgan fingerprint density at radius 1 is 0.905 bits per heavy atom. The second kappa shape index (κ2) is 13.3. The third-order valence-electron chi connectivity index (χ3n) is 3.70. The Bertz CT molecular complexity index is 234. The number of rotatable bonds is 15. The Balaban J connectivity index is 3.34. The van der Waals surface area contributed by atoms with Crippen molar-refractivity contribution in [2.45, 2.75) is 97.2 Å². The van der Waals surface area contributed by atoms with Crippen LogP contribution in [0, 0.1) is 0 Å². The van der Waals surface area contributed by atoms with Crippen LogP contribution in [0.2, 0.25) is 0 Å². The minimum absolute atomic E-state index is 0.0560. The van der Waals surface area contributed by atoms with Gasteiger partial charge in [0.2, 0.25) is 0 Å². The molecule has 0 unspecified atom stereocenters. The maximum absolute atomic E-state index is 5.98. The first-order chi connectivity index (χ1) is 9.98. The second-order valence-corrected chi connectivity index (χ2v) is 6.83. The molecule has 0 aliphatic rings. The van der Waals surface area contributed by atoms with Crippen molar-refractivity contribution in [3.05, 3.63) is 12.7 Å². The van der Waals surface area contributed by atoms with Crippen molar-refractivity contribution in [2.75, 3.05) is 13.2 Å². The average Bonchev–Trinajstić information content (AvgIpc) is 2.40. The van der Waals surface area contributed by atoms with Gasteiger partial charge in [0.05, 0.1) is 11.7 Å². The fourth-order valence-electron chi connectivity index (χ4n) is 2.24. The van der Waals surface area contributed by atoms with Crippen LogP contribution in [0.15, 0.2) is 12.7 Å². The first-order valence-electron chi connectivity index (χ1n) is 8.84. The van der Waals surface area contributed by atoms with Gasteiger partial charge in [-0.1, -0.05) is 38.2 Å². The van der Waals surface area contributed by atoms with Gasteiger partial charge in [-0.25, -0.2) is 0 Å². The molecule has 2 heteroatoms. The molecule has 0 spiro atoms. The number of hydrogen-bond donors (Lipinski definition) is 0. The van der Waals surface area contributed by atoms with Gasteiger partial charge < -0.3 is 9.47 Å². The van der Waals surface area contributed by atoms with Crippen LogP contribution >= 0.6 is 0 Å². The molecule has 0 heterocycles. The Morgan fingerprint density at radius 2 is 1.48 bits per heavy atom. The minimum Gasteiger partial charge on any atom is -0.379 e. The molecule has 0 amide bonds. The number of ether oxygens (including phenoxy) is 2. The molecular formula is C19H38O2. The topological polar surface area (TPSA) is 18.5 Å². The standard InChI is InChI=1S/C19H38O2/c1-6-7-8-9-10-11-12-13-14-16-21-19(4,5)15-17-20-18(2)3/h6,18H,1,7-17H2,2-5H3. The van der Waals surface area contributed by atoms with Crippen LogP contribution in [0.4, 0.5) is 0 Å². The van der Waals surface area contributed by atoms with Gasteiger partial charge in [-0.05, 0) is 53.4 Å². The van der Waals surface area contributed by atoms with Crippen LogP contribution in [0.3, 0.4) is 0 Å². The zero-order chi connectivity index (χ0) is 16.0. The highest BCUT2D eigenvalue weighted by Gasteiger charge is 2.17. The molecule has 0 aliphatic carbocycles. The average molecular weight is 299 g/mol. The Hall–Kier alpha value is -0.340. The van der Waals surface area contributed by atoms with Crippen molar-refractivity contribution in [1.82, 2.24) is 0 Å². The third kappa shape index (κ3) is 15.9. The summed E-state index contributed by atoms with van der Waals surface area (Å²) < 4.78 is 11.6. The molecule has 0 aromatic heterocycles. The highest BCUT2D eigenvalue weighted by molar-refractivity contribution is 4.68. The molecule has 0 saturated carbocycles. The van der Waals surface area contributed by atoms with Gasteiger partial charge in [0.1, 0.15) is 0 Å². The van der Waals surface area contributed by atoms with Gasteiger partial charge in [0, 0.05) is 13.2 Å². The van der Waals surface area contributed by atoms with Crippen molar-refractivity contribution in [3.63, 3.8) is 0 Å². The molecule has 126 valence electrons. The van der Waals surface area contributed by atoms with E-state index in [1.165, 1.54) is 51.4 Å². The lowest BCUT2D eigenvalue weighted by Crippen LogP contribution is -2.27. The lowest BCUT2D eigenvalue weighted by molar-refractivity contribution is -0.0483. The van der Waals surface area contributed by atoms with Gasteiger partial charge in [0.15, 0.2) is 0 Å². The second-order valence-electron chi connectivity index (χ2n) is 6.83. The fraction of sp³-hybridized carbons (Fsp3) is 0.895. The maximum Gasteiger partial charge on any atom is 0.0648 e. The van der Waals surface area contributed by atoms with Gasteiger partial charge in [-0.15, -0.1) is 6.58 Å². The summed E-state index contributed by atoms with van der Waals surface area (Å²) >= 11 is 0. The molecule has 0 atom stereocenters. The van der Waals surface area contributed by atoms with E-state index in [1.807, 2.05) is 6.08 Å². The summed E-state index contributed by atoms with van der Waals surface area (Å²) in [6, 6.07) is 0. The largest absolute Gasteiger partial charge is 0.379 e. The molecule has 0 N–H and O–H groups in total. The molecule has 0 bridgehead atoms. The highest BCUT2D eigenvalue weighted by atomic mass is 16.5. The maximum atomic E-state index is 5.98. The summed E-state index contributed by atoms with van der Waals surface area (Å²) in [6.45, 7) is 13.9. The predicted molar refractivity (Wildman–Crippen MR) is 92.9 cm³/mol. The zero-order valence-corrected chi connectivity index (χ0v) is 15.0. The van der Waals surface area contributed by atoms with Crippen LogP contribution in [-0.2, 0) is 9.47 Å². The SMILES string of the molecule is C=CCCCCCCCCCOC(C)(C)CCOC(C)C. The fourth-order valence-corrected chi connectivity index (χ4v) is 2.24. The summed E-state index contributed by atoms with van der Waals surface area (Å²) in [7, 11) is 0. The number of allylic oxidation sites excluding steroid dienone is 1. The molecule has 0 radical (unpaired) electrons. The molecule has 2 nitrogen and oxygen atoms in total. The molecule has 0 aromatic carbocycles. The van der Waals surface area contributed by atoms with Gasteiger partial charge in [-0.2, -0.15) is 0 Å². The Labute approximate surface area is 133 Å². The molecule has 0 saturated heterocycles. The summed E-state index contributed by atoms with van der Waals surface area (Å²) in [5, 5.41) is 0. The summed E-state index contributed by atoms with van der Waals surface area (Å²) in [5.74, 6) is 0. The van der Waals surface area contributed by atoms with Crippen molar-refractivity contribution < 1.29 is 9.47 Å². The molecule has 21 heavy (non-hydrogen) atoms. The van der Waals surface area contributed by atoms with E-state index >= 15 is 0 Å². The van der Waals surface area contributed by atoms with E-state index in [9.17, 15) is 0 Å². The number of hydrogen-bond acceptors (Lipinski definition) is 2. The molecular weight excluding hydrogens is 260 g/mol. The molecule has 0 fully saturated rings. The highest BCUT2D eigenvalue weighted by Crippen LogP contribution is 2.16. The van der Waals surface area contributed by atoms with E-state index in [2.05, 4.69) is 34.3 Å².